The van der Waals surface area contributed by atoms with Crippen molar-refractivity contribution in [2.24, 2.45) is 0 Å². The van der Waals surface area contributed by atoms with Crippen LogP contribution in [0.25, 0.3) is 0 Å². The van der Waals surface area contributed by atoms with Crippen molar-refractivity contribution in [1.82, 2.24) is 10.6 Å². The fourth-order valence-electron chi connectivity index (χ4n) is 1.99. The van der Waals surface area contributed by atoms with E-state index in [0.29, 0.717) is 26.9 Å². The van der Waals surface area contributed by atoms with Crippen LogP contribution in [-0.2, 0) is 4.79 Å². The van der Waals surface area contributed by atoms with Crippen LogP contribution in [0.15, 0.2) is 42.5 Å². The zero-order valence-electron chi connectivity index (χ0n) is 13.9. The third-order valence-electron chi connectivity index (χ3n) is 3.25. The van der Waals surface area contributed by atoms with E-state index in [1.54, 1.807) is 43.4 Å². The monoisotopic (exact) mass is 390 g/mol. The standard InChI is InChI=1S/C19H16Cl2N2O3/c1-22-19(25)15-7-3-2-5-13(15)6-4-10-23-18(24)12-26-17-9-8-14(20)11-16(17)21/h2-3,5,7-9,11H,10,12H2,1H3,(H,22,25)(H,23,24). The lowest BCUT2D eigenvalue weighted by Gasteiger charge is -2.07. The molecule has 0 spiro atoms. The fraction of sp³-hybridized carbons (Fsp3) is 0.158. The first-order chi connectivity index (χ1) is 12.5. The summed E-state index contributed by atoms with van der Waals surface area (Å²) >= 11 is 11.8. The molecule has 2 rings (SSSR count). The van der Waals surface area contributed by atoms with Gasteiger partial charge in [-0.3, -0.25) is 9.59 Å². The van der Waals surface area contributed by atoms with Gasteiger partial charge in [0.1, 0.15) is 5.75 Å². The van der Waals surface area contributed by atoms with E-state index in [9.17, 15) is 9.59 Å². The molecule has 2 aromatic rings. The average molecular weight is 391 g/mol. The SMILES string of the molecule is CNC(=O)c1ccccc1C#CCNC(=O)COc1ccc(Cl)cc1Cl. The fourth-order valence-corrected chi connectivity index (χ4v) is 2.46. The summed E-state index contributed by atoms with van der Waals surface area (Å²) in [5.74, 6) is 5.49. The number of carbonyl (C=O) groups is 2. The van der Waals surface area contributed by atoms with Crippen molar-refractivity contribution in [1.29, 1.82) is 0 Å². The van der Waals surface area contributed by atoms with Gasteiger partial charge in [-0.15, -0.1) is 0 Å². The van der Waals surface area contributed by atoms with Gasteiger partial charge in [0.25, 0.3) is 11.8 Å². The van der Waals surface area contributed by atoms with Gasteiger partial charge in [-0.1, -0.05) is 47.2 Å². The van der Waals surface area contributed by atoms with Crippen molar-refractivity contribution in [3.05, 3.63) is 63.6 Å². The third-order valence-corrected chi connectivity index (χ3v) is 3.78. The summed E-state index contributed by atoms with van der Waals surface area (Å²) < 4.78 is 5.33. The predicted molar refractivity (Wildman–Crippen MR) is 102 cm³/mol. The number of hydrogen-bond acceptors (Lipinski definition) is 3. The van der Waals surface area contributed by atoms with Crippen LogP contribution in [0, 0.1) is 11.8 Å². The largest absolute Gasteiger partial charge is 0.482 e. The van der Waals surface area contributed by atoms with Crippen molar-refractivity contribution in [2.75, 3.05) is 20.2 Å². The zero-order chi connectivity index (χ0) is 18.9. The van der Waals surface area contributed by atoms with Gasteiger partial charge in [0.15, 0.2) is 6.61 Å². The molecule has 26 heavy (non-hydrogen) atoms. The summed E-state index contributed by atoms with van der Waals surface area (Å²) in [6, 6.07) is 11.7. The second-order valence-electron chi connectivity index (χ2n) is 5.07. The zero-order valence-corrected chi connectivity index (χ0v) is 15.4. The maximum atomic E-state index is 11.8. The number of rotatable bonds is 5. The quantitative estimate of drug-likeness (QED) is 0.771. The molecular weight excluding hydrogens is 375 g/mol. The minimum absolute atomic E-state index is 0.124. The molecule has 5 nitrogen and oxygen atoms in total. The Morgan fingerprint density at radius 3 is 2.65 bits per heavy atom. The third kappa shape index (κ3) is 5.69. The van der Waals surface area contributed by atoms with Gasteiger partial charge < -0.3 is 15.4 Å². The number of halogens is 2. The summed E-state index contributed by atoms with van der Waals surface area (Å²) in [6.45, 7) is -0.0729. The number of amides is 2. The first kappa shape index (κ1) is 19.6. The molecule has 0 fully saturated rings. The van der Waals surface area contributed by atoms with Gasteiger partial charge in [0.2, 0.25) is 0 Å². The molecule has 0 aliphatic heterocycles. The highest BCUT2D eigenvalue weighted by Crippen LogP contribution is 2.27. The highest BCUT2D eigenvalue weighted by Gasteiger charge is 2.07. The summed E-state index contributed by atoms with van der Waals surface area (Å²) in [5.41, 5.74) is 1.07. The van der Waals surface area contributed by atoms with Crippen LogP contribution in [0.4, 0.5) is 0 Å². The Bertz CT molecular complexity index is 873. The van der Waals surface area contributed by atoms with Crippen LogP contribution < -0.4 is 15.4 Å². The molecule has 0 saturated carbocycles. The molecule has 0 saturated heterocycles. The number of carbonyl (C=O) groups excluding carboxylic acids is 2. The second-order valence-corrected chi connectivity index (χ2v) is 5.91. The first-order valence-corrected chi connectivity index (χ1v) is 8.41. The van der Waals surface area contributed by atoms with E-state index >= 15 is 0 Å². The molecule has 0 aliphatic rings. The summed E-state index contributed by atoms with van der Waals surface area (Å²) in [7, 11) is 1.56. The van der Waals surface area contributed by atoms with E-state index in [1.165, 1.54) is 6.07 Å². The molecule has 0 unspecified atom stereocenters. The van der Waals surface area contributed by atoms with Gasteiger partial charge in [-0.05, 0) is 30.3 Å². The summed E-state index contributed by atoms with van der Waals surface area (Å²) in [6.07, 6.45) is 0. The molecule has 0 radical (unpaired) electrons. The minimum Gasteiger partial charge on any atom is -0.482 e. The molecular formula is C19H16Cl2N2O3. The van der Waals surface area contributed by atoms with Crippen molar-refractivity contribution in [3.8, 4) is 17.6 Å². The average Bonchev–Trinajstić information content (AvgIpc) is 2.64. The second kappa shape index (κ2) is 9.71. The van der Waals surface area contributed by atoms with E-state index in [4.69, 9.17) is 27.9 Å². The molecule has 7 heteroatoms. The van der Waals surface area contributed by atoms with Crippen LogP contribution in [0.3, 0.4) is 0 Å². The molecule has 0 aromatic heterocycles. The van der Waals surface area contributed by atoms with E-state index in [2.05, 4.69) is 22.5 Å². The van der Waals surface area contributed by atoms with Crippen molar-refractivity contribution >= 4 is 35.0 Å². The highest BCUT2D eigenvalue weighted by molar-refractivity contribution is 6.35. The van der Waals surface area contributed by atoms with Gasteiger partial charge in [0.05, 0.1) is 17.1 Å². The van der Waals surface area contributed by atoms with Crippen LogP contribution in [0.1, 0.15) is 15.9 Å². The smallest absolute Gasteiger partial charge is 0.258 e. The number of nitrogens with one attached hydrogen (secondary N) is 2. The van der Waals surface area contributed by atoms with Gasteiger partial charge in [-0.2, -0.15) is 0 Å². The maximum absolute atomic E-state index is 11.8. The van der Waals surface area contributed by atoms with Gasteiger partial charge in [-0.25, -0.2) is 0 Å². The lowest BCUT2D eigenvalue weighted by Crippen LogP contribution is -2.29. The molecule has 134 valence electrons. The Hall–Kier alpha value is -2.68. The first-order valence-electron chi connectivity index (χ1n) is 7.66. The van der Waals surface area contributed by atoms with Crippen LogP contribution in [0.2, 0.25) is 10.0 Å². The van der Waals surface area contributed by atoms with Crippen molar-refractivity contribution in [2.45, 2.75) is 0 Å². The number of ether oxygens (including phenoxy) is 1. The predicted octanol–water partition coefficient (Wildman–Crippen LogP) is 2.90. The Balaban J connectivity index is 1.86. The Labute approximate surface area is 161 Å². The Morgan fingerprint density at radius 1 is 1.15 bits per heavy atom. The number of benzene rings is 2. The molecule has 0 bridgehead atoms. The van der Waals surface area contributed by atoms with E-state index < -0.39 is 0 Å². The molecule has 0 atom stereocenters. The Morgan fingerprint density at radius 2 is 1.92 bits per heavy atom. The number of hydrogen-bond donors (Lipinski definition) is 2. The van der Waals surface area contributed by atoms with Crippen LogP contribution in [-0.4, -0.2) is 32.0 Å². The molecule has 0 heterocycles. The maximum Gasteiger partial charge on any atom is 0.258 e. The van der Waals surface area contributed by atoms with Gasteiger partial charge >= 0.3 is 0 Å². The van der Waals surface area contributed by atoms with E-state index in [0.717, 1.165) is 0 Å². The molecule has 2 N–H and O–H groups in total. The van der Waals surface area contributed by atoms with E-state index in [-0.39, 0.29) is 25.0 Å². The normalized spacial score (nSPS) is 9.65. The van der Waals surface area contributed by atoms with Crippen LogP contribution in [0.5, 0.6) is 5.75 Å². The van der Waals surface area contributed by atoms with Crippen LogP contribution >= 0.6 is 23.2 Å². The lowest BCUT2D eigenvalue weighted by atomic mass is 10.1. The van der Waals surface area contributed by atoms with Crippen molar-refractivity contribution in [3.63, 3.8) is 0 Å². The topological polar surface area (TPSA) is 67.4 Å². The van der Waals surface area contributed by atoms with Gasteiger partial charge in [0, 0.05) is 17.6 Å². The van der Waals surface area contributed by atoms with E-state index in [1.807, 2.05) is 0 Å². The Kier molecular flexibility index (Phi) is 7.34. The minimum atomic E-state index is -0.343. The summed E-state index contributed by atoms with van der Waals surface area (Å²) in [4.78, 5) is 23.5. The molecule has 2 amide bonds. The van der Waals surface area contributed by atoms with Crippen molar-refractivity contribution < 1.29 is 14.3 Å². The summed E-state index contributed by atoms with van der Waals surface area (Å²) in [5, 5.41) is 5.98. The molecule has 0 aliphatic carbocycles. The highest BCUT2D eigenvalue weighted by atomic mass is 35.5. The molecule has 2 aromatic carbocycles. The lowest BCUT2D eigenvalue weighted by molar-refractivity contribution is -0.122.